The van der Waals surface area contributed by atoms with E-state index in [-0.39, 0.29) is 5.54 Å². The molecule has 0 amide bonds. The van der Waals surface area contributed by atoms with E-state index in [4.69, 9.17) is 10.5 Å². The van der Waals surface area contributed by atoms with Crippen molar-refractivity contribution in [3.63, 3.8) is 0 Å². The SMILES string of the molecule is CCC(C)N(CCOC)C1(CN)CCN(C2CC2)C1. The molecule has 1 aliphatic heterocycles. The number of hydrogen-bond acceptors (Lipinski definition) is 4. The van der Waals surface area contributed by atoms with Crippen molar-refractivity contribution in [1.29, 1.82) is 0 Å². The maximum absolute atomic E-state index is 6.21. The van der Waals surface area contributed by atoms with E-state index in [2.05, 4.69) is 23.6 Å². The molecule has 2 unspecified atom stereocenters. The van der Waals surface area contributed by atoms with Gasteiger partial charge >= 0.3 is 0 Å². The molecule has 0 bridgehead atoms. The topological polar surface area (TPSA) is 41.7 Å². The molecular weight excluding hydrogens is 238 g/mol. The zero-order chi connectivity index (χ0) is 13.9. The molecule has 1 heterocycles. The molecule has 0 aromatic heterocycles. The first-order valence-electron chi connectivity index (χ1n) is 7.86. The molecular formula is C15H31N3O. The zero-order valence-corrected chi connectivity index (χ0v) is 12.9. The lowest BCUT2D eigenvalue weighted by Crippen LogP contribution is -2.59. The Labute approximate surface area is 118 Å². The van der Waals surface area contributed by atoms with Gasteiger partial charge in [0.15, 0.2) is 0 Å². The Kier molecular flexibility index (Phi) is 5.23. The third-order valence-electron chi connectivity index (χ3n) is 5.07. The van der Waals surface area contributed by atoms with Gasteiger partial charge in [-0.05, 0) is 32.6 Å². The second-order valence-corrected chi connectivity index (χ2v) is 6.32. The van der Waals surface area contributed by atoms with Crippen LogP contribution in [0.2, 0.25) is 0 Å². The maximum Gasteiger partial charge on any atom is 0.0590 e. The molecule has 0 spiro atoms. The van der Waals surface area contributed by atoms with Gasteiger partial charge in [0.05, 0.1) is 6.61 Å². The Morgan fingerprint density at radius 1 is 1.47 bits per heavy atom. The molecule has 0 aromatic rings. The molecule has 0 aromatic carbocycles. The highest BCUT2D eigenvalue weighted by Gasteiger charge is 2.46. The Hall–Kier alpha value is -0.160. The van der Waals surface area contributed by atoms with Crippen molar-refractivity contribution in [3.8, 4) is 0 Å². The summed E-state index contributed by atoms with van der Waals surface area (Å²) in [6.07, 6.45) is 5.17. The number of nitrogens with two attached hydrogens (primary N) is 1. The Bertz CT molecular complexity index is 283. The first-order valence-corrected chi connectivity index (χ1v) is 7.86. The fraction of sp³-hybridized carbons (Fsp3) is 1.00. The summed E-state index contributed by atoms with van der Waals surface area (Å²) < 4.78 is 5.31. The Morgan fingerprint density at radius 2 is 2.21 bits per heavy atom. The average molecular weight is 269 g/mol. The van der Waals surface area contributed by atoms with E-state index in [9.17, 15) is 0 Å². The van der Waals surface area contributed by atoms with Crippen molar-refractivity contribution < 1.29 is 4.74 Å². The predicted octanol–water partition coefficient (Wildman–Crippen LogP) is 1.30. The predicted molar refractivity (Wildman–Crippen MR) is 79.3 cm³/mol. The lowest BCUT2D eigenvalue weighted by molar-refractivity contribution is 0.0313. The molecule has 2 fully saturated rings. The van der Waals surface area contributed by atoms with Crippen LogP contribution in [0.3, 0.4) is 0 Å². The summed E-state index contributed by atoms with van der Waals surface area (Å²) in [5, 5.41) is 0. The minimum atomic E-state index is 0.177. The molecule has 1 saturated carbocycles. The van der Waals surface area contributed by atoms with E-state index in [0.29, 0.717) is 6.04 Å². The fourth-order valence-electron chi connectivity index (χ4n) is 3.49. The second kappa shape index (κ2) is 6.53. The van der Waals surface area contributed by atoms with Gasteiger partial charge in [0.2, 0.25) is 0 Å². The summed E-state index contributed by atoms with van der Waals surface area (Å²) in [6.45, 7) is 9.54. The minimum Gasteiger partial charge on any atom is -0.383 e. The first-order chi connectivity index (χ1) is 9.16. The smallest absolute Gasteiger partial charge is 0.0590 e. The zero-order valence-electron chi connectivity index (χ0n) is 12.9. The molecule has 4 nitrogen and oxygen atoms in total. The number of rotatable bonds is 8. The molecule has 0 radical (unpaired) electrons. The van der Waals surface area contributed by atoms with Crippen LogP contribution < -0.4 is 5.73 Å². The highest BCUT2D eigenvalue weighted by Crippen LogP contribution is 2.36. The second-order valence-electron chi connectivity index (χ2n) is 6.32. The van der Waals surface area contributed by atoms with E-state index < -0.39 is 0 Å². The summed E-state index contributed by atoms with van der Waals surface area (Å²) >= 11 is 0. The van der Waals surface area contributed by atoms with E-state index in [0.717, 1.165) is 32.3 Å². The van der Waals surface area contributed by atoms with Gasteiger partial charge in [0.25, 0.3) is 0 Å². The Balaban J connectivity index is 2.06. The summed E-state index contributed by atoms with van der Waals surface area (Å²) in [4.78, 5) is 5.29. The largest absolute Gasteiger partial charge is 0.383 e. The molecule has 19 heavy (non-hydrogen) atoms. The van der Waals surface area contributed by atoms with Crippen molar-refractivity contribution in [2.45, 2.75) is 57.2 Å². The van der Waals surface area contributed by atoms with Crippen LogP contribution in [-0.4, -0.2) is 67.3 Å². The van der Waals surface area contributed by atoms with Crippen LogP contribution in [0, 0.1) is 0 Å². The van der Waals surface area contributed by atoms with Gasteiger partial charge in [-0.1, -0.05) is 6.92 Å². The number of likely N-dealkylation sites (tertiary alicyclic amines) is 1. The number of hydrogen-bond donors (Lipinski definition) is 1. The molecule has 2 atom stereocenters. The third kappa shape index (κ3) is 3.30. The van der Waals surface area contributed by atoms with Crippen LogP contribution in [0.4, 0.5) is 0 Å². The molecule has 2 aliphatic rings. The van der Waals surface area contributed by atoms with Gasteiger partial charge in [0, 0.05) is 50.9 Å². The normalized spacial score (nSPS) is 30.2. The summed E-state index contributed by atoms with van der Waals surface area (Å²) in [6, 6.07) is 1.44. The van der Waals surface area contributed by atoms with Crippen molar-refractivity contribution in [2.75, 3.05) is 39.9 Å². The molecule has 4 heteroatoms. The molecule has 2 N–H and O–H groups in total. The van der Waals surface area contributed by atoms with Crippen LogP contribution in [-0.2, 0) is 4.74 Å². The molecule has 2 rings (SSSR count). The van der Waals surface area contributed by atoms with Gasteiger partial charge < -0.3 is 10.5 Å². The van der Waals surface area contributed by atoms with Gasteiger partial charge in [-0.2, -0.15) is 0 Å². The number of nitrogens with zero attached hydrogens (tertiary/aromatic N) is 2. The monoisotopic (exact) mass is 269 g/mol. The van der Waals surface area contributed by atoms with E-state index >= 15 is 0 Å². The maximum atomic E-state index is 6.21. The first kappa shape index (κ1) is 15.2. The third-order valence-corrected chi connectivity index (χ3v) is 5.07. The highest BCUT2D eigenvalue weighted by molar-refractivity contribution is 5.04. The van der Waals surface area contributed by atoms with E-state index in [1.165, 1.54) is 32.2 Å². The van der Waals surface area contributed by atoms with Gasteiger partial charge in [0.1, 0.15) is 0 Å². The average Bonchev–Trinajstić information content (AvgIpc) is 3.20. The van der Waals surface area contributed by atoms with E-state index in [1.807, 2.05) is 0 Å². The van der Waals surface area contributed by atoms with Crippen LogP contribution in [0.25, 0.3) is 0 Å². The van der Waals surface area contributed by atoms with Crippen LogP contribution in [0.15, 0.2) is 0 Å². The lowest BCUT2D eigenvalue weighted by Gasteiger charge is -2.44. The van der Waals surface area contributed by atoms with Crippen molar-refractivity contribution in [2.24, 2.45) is 5.73 Å². The lowest BCUT2D eigenvalue weighted by atomic mass is 9.93. The van der Waals surface area contributed by atoms with Crippen molar-refractivity contribution >= 4 is 0 Å². The molecule has 1 saturated heterocycles. The van der Waals surface area contributed by atoms with Crippen LogP contribution >= 0.6 is 0 Å². The van der Waals surface area contributed by atoms with E-state index in [1.54, 1.807) is 7.11 Å². The number of methoxy groups -OCH3 is 1. The highest BCUT2D eigenvalue weighted by atomic mass is 16.5. The minimum absolute atomic E-state index is 0.177. The fourth-order valence-corrected chi connectivity index (χ4v) is 3.49. The quantitative estimate of drug-likeness (QED) is 0.721. The van der Waals surface area contributed by atoms with Crippen molar-refractivity contribution in [1.82, 2.24) is 9.80 Å². The van der Waals surface area contributed by atoms with Gasteiger partial charge in [-0.3, -0.25) is 9.80 Å². The summed E-state index contributed by atoms with van der Waals surface area (Å²) in [5.74, 6) is 0. The van der Waals surface area contributed by atoms with Gasteiger partial charge in [-0.15, -0.1) is 0 Å². The Morgan fingerprint density at radius 3 is 2.74 bits per heavy atom. The molecule has 1 aliphatic carbocycles. The van der Waals surface area contributed by atoms with Crippen LogP contribution in [0.5, 0.6) is 0 Å². The summed E-state index contributed by atoms with van der Waals surface area (Å²) in [5.41, 5.74) is 6.38. The number of ether oxygens (including phenoxy) is 1. The van der Waals surface area contributed by atoms with Gasteiger partial charge in [-0.25, -0.2) is 0 Å². The molecule has 112 valence electrons. The standard InChI is InChI=1S/C15H31N3O/c1-4-13(2)18(9-10-19-3)15(11-16)7-8-17(12-15)14-5-6-14/h13-14H,4-12,16H2,1-3H3. The van der Waals surface area contributed by atoms with Crippen LogP contribution in [0.1, 0.15) is 39.5 Å². The summed E-state index contributed by atoms with van der Waals surface area (Å²) in [7, 11) is 1.79. The van der Waals surface area contributed by atoms with Crippen molar-refractivity contribution in [3.05, 3.63) is 0 Å².